The first-order chi connectivity index (χ1) is 8.28. The van der Waals surface area contributed by atoms with Crippen molar-refractivity contribution in [1.29, 1.82) is 0 Å². The summed E-state index contributed by atoms with van der Waals surface area (Å²) in [6.07, 6.45) is 1.89. The van der Waals surface area contributed by atoms with Crippen LogP contribution in [-0.4, -0.2) is 26.4 Å². The van der Waals surface area contributed by atoms with E-state index in [9.17, 15) is 4.39 Å². The van der Waals surface area contributed by atoms with E-state index in [1.807, 2.05) is 13.1 Å². The second-order valence-electron chi connectivity index (χ2n) is 4.26. The molecule has 1 aliphatic rings. The van der Waals surface area contributed by atoms with E-state index in [0.29, 0.717) is 12.3 Å². The van der Waals surface area contributed by atoms with E-state index in [4.69, 9.17) is 9.47 Å². The van der Waals surface area contributed by atoms with E-state index in [-0.39, 0.29) is 11.9 Å². The number of hydrogen-bond donors (Lipinski definition) is 1. The van der Waals surface area contributed by atoms with Crippen LogP contribution in [0.2, 0.25) is 0 Å². The Hall–Kier alpha value is -1.13. The Balaban J connectivity index is 2.03. The lowest BCUT2D eigenvalue weighted by Gasteiger charge is -2.23. The van der Waals surface area contributed by atoms with E-state index < -0.39 is 0 Å². The number of hydrogen-bond acceptors (Lipinski definition) is 3. The highest BCUT2D eigenvalue weighted by molar-refractivity contribution is 5.29. The zero-order valence-corrected chi connectivity index (χ0v) is 10.0. The Morgan fingerprint density at radius 3 is 2.82 bits per heavy atom. The molecule has 17 heavy (non-hydrogen) atoms. The Bertz CT molecular complexity index is 364. The maximum atomic E-state index is 13.4. The van der Waals surface area contributed by atoms with Crippen molar-refractivity contribution in [3.05, 3.63) is 29.6 Å². The third-order valence-corrected chi connectivity index (χ3v) is 2.78. The Morgan fingerprint density at radius 1 is 1.35 bits per heavy atom. The summed E-state index contributed by atoms with van der Waals surface area (Å²) in [5.41, 5.74) is 0.898. The predicted molar refractivity (Wildman–Crippen MR) is 63.6 cm³/mol. The number of halogens is 1. The second kappa shape index (κ2) is 5.98. The molecule has 0 aromatic heterocycles. The summed E-state index contributed by atoms with van der Waals surface area (Å²) in [6, 6.07) is 4.84. The van der Waals surface area contributed by atoms with E-state index in [1.54, 1.807) is 0 Å². The Labute approximate surface area is 101 Å². The fourth-order valence-electron chi connectivity index (χ4n) is 1.98. The lowest BCUT2D eigenvalue weighted by atomic mass is 10.1. The average molecular weight is 239 g/mol. The first kappa shape index (κ1) is 12.3. The molecule has 0 spiro atoms. The summed E-state index contributed by atoms with van der Waals surface area (Å²) in [5.74, 6) is 0.363. The molecule has 0 atom stereocenters. The van der Waals surface area contributed by atoms with Gasteiger partial charge in [-0.3, -0.25) is 0 Å². The molecule has 1 aliphatic heterocycles. The van der Waals surface area contributed by atoms with Gasteiger partial charge in [0.15, 0.2) is 0 Å². The minimum absolute atomic E-state index is 0.146. The van der Waals surface area contributed by atoms with E-state index in [0.717, 1.165) is 31.6 Å². The fourth-order valence-corrected chi connectivity index (χ4v) is 1.98. The summed E-state index contributed by atoms with van der Waals surface area (Å²) in [5, 5.41) is 3.00. The summed E-state index contributed by atoms with van der Waals surface area (Å²) in [6.45, 7) is 2.09. The van der Waals surface area contributed by atoms with Crippen molar-refractivity contribution in [1.82, 2.24) is 5.32 Å². The number of rotatable bonds is 4. The molecule has 0 bridgehead atoms. The molecule has 94 valence electrons. The minimum atomic E-state index is -0.250. The zero-order chi connectivity index (χ0) is 12.1. The highest BCUT2D eigenvalue weighted by atomic mass is 19.1. The van der Waals surface area contributed by atoms with Crippen LogP contribution < -0.4 is 10.1 Å². The Kier molecular flexibility index (Phi) is 4.34. The third-order valence-electron chi connectivity index (χ3n) is 2.78. The highest BCUT2D eigenvalue weighted by Crippen LogP contribution is 2.21. The predicted octanol–water partition coefficient (Wildman–Crippen LogP) is 2.10. The maximum absolute atomic E-state index is 13.4. The second-order valence-corrected chi connectivity index (χ2v) is 4.26. The van der Waals surface area contributed by atoms with Crippen molar-refractivity contribution in [2.24, 2.45) is 0 Å². The molecule has 0 unspecified atom stereocenters. The van der Waals surface area contributed by atoms with Crippen LogP contribution in [0.4, 0.5) is 4.39 Å². The van der Waals surface area contributed by atoms with Gasteiger partial charge in [0.2, 0.25) is 0 Å². The molecule has 0 saturated carbocycles. The first-order valence-corrected chi connectivity index (χ1v) is 5.96. The highest BCUT2D eigenvalue weighted by Gasteiger charge is 2.15. The molecule has 0 aliphatic carbocycles. The molecule has 1 fully saturated rings. The standard InChI is InChI=1S/C13H18FNO2/c1-15-9-10-6-11(14)8-13(7-10)17-12-2-4-16-5-3-12/h6-8,12,15H,2-5,9H2,1H3. The van der Waals surface area contributed by atoms with Crippen molar-refractivity contribution >= 4 is 0 Å². The summed E-state index contributed by atoms with van der Waals surface area (Å²) in [7, 11) is 1.84. The Morgan fingerprint density at radius 2 is 2.12 bits per heavy atom. The number of ether oxygens (including phenoxy) is 2. The zero-order valence-electron chi connectivity index (χ0n) is 10.0. The lowest BCUT2D eigenvalue weighted by molar-refractivity contribution is 0.0254. The molecular formula is C13H18FNO2. The topological polar surface area (TPSA) is 30.5 Å². The van der Waals surface area contributed by atoms with E-state index in [1.165, 1.54) is 12.1 Å². The van der Waals surface area contributed by atoms with Crippen molar-refractivity contribution in [2.75, 3.05) is 20.3 Å². The maximum Gasteiger partial charge on any atom is 0.127 e. The molecule has 1 saturated heterocycles. The molecule has 1 heterocycles. The van der Waals surface area contributed by atoms with Gasteiger partial charge in [0.25, 0.3) is 0 Å². The van der Waals surface area contributed by atoms with Gasteiger partial charge in [-0.1, -0.05) is 0 Å². The largest absolute Gasteiger partial charge is 0.490 e. The van der Waals surface area contributed by atoms with Gasteiger partial charge in [0, 0.05) is 25.5 Å². The lowest BCUT2D eigenvalue weighted by Crippen LogP contribution is -2.26. The quantitative estimate of drug-likeness (QED) is 0.873. The van der Waals surface area contributed by atoms with Crippen LogP contribution in [0.3, 0.4) is 0 Å². The van der Waals surface area contributed by atoms with Gasteiger partial charge in [-0.05, 0) is 24.7 Å². The average Bonchev–Trinajstić information content (AvgIpc) is 2.30. The van der Waals surface area contributed by atoms with Gasteiger partial charge in [-0.2, -0.15) is 0 Å². The minimum Gasteiger partial charge on any atom is -0.490 e. The first-order valence-electron chi connectivity index (χ1n) is 5.96. The van der Waals surface area contributed by atoms with Gasteiger partial charge in [0.1, 0.15) is 17.7 Å². The van der Waals surface area contributed by atoms with Crippen LogP contribution in [0, 0.1) is 5.82 Å². The molecule has 0 amide bonds. The van der Waals surface area contributed by atoms with E-state index >= 15 is 0 Å². The van der Waals surface area contributed by atoms with Crippen molar-refractivity contribution < 1.29 is 13.9 Å². The molecular weight excluding hydrogens is 221 g/mol. The normalized spacial score (nSPS) is 17.1. The summed E-state index contributed by atoms with van der Waals surface area (Å²) < 4.78 is 24.4. The van der Waals surface area contributed by atoms with E-state index in [2.05, 4.69) is 5.32 Å². The molecule has 1 N–H and O–H groups in total. The summed E-state index contributed by atoms with van der Waals surface area (Å²) >= 11 is 0. The van der Waals surface area contributed by atoms with Crippen LogP contribution >= 0.6 is 0 Å². The van der Waals surface area contributed by atoms with Crippen molar-refractivity contribution in [3.63, 3.8) is 0 Å². The van der Waals surface area contributed by atoms with Gasteiger partial charge in [0.05, 0.1) is 13.2 Å². The molecule has 4 heteroatoms. The van der Waals surface area contributed by atoms with Crippen LogP contribution in [0.25, 0.3) is 0 Å². The van der Waals surface area contributed by atoms with Gasteiger partial charge in [-0.25, -0.2) is 4.39 Å². The molecule has 1 aromatic carbocycles. The van der Waals surface area contributed by atoms with Crippen molar-refractivity contribution in [3.8, 4) is 5.75 Å². The number of nitrogens with one attached hydrogen (secondary N) is 1. The fraction of sp³-hybridized carbons (Fsp3) is 0.538. The number of benzene rings is 1. The molecule has 0 radical (unpaired) electrons. The SMILES string of the molecule is CNCc1cc(F)cc(OC2CCOCC2)c1. The monoisotopic (exact) mass is 239 g/mol. The van der Waals surface area contributed by atoms with Gasteiger partial charge >= 0.3 is 0 Å². The van der Waals surface area contributed by atoms with Gasteiger partial charge < -0.3 is 14.8 Å². The van der Waals surface area contributed by atoms with Crippen LogP contribution in [0.15, 0.2) is 18.2 Å². The smallest absolute Gasteiger partial charge is 0.127 e. The molecule has 2 rings (SSSR count). The van der Waals surface area contributed by atoms with Gasteiger partial charge in [-0.15, -0.1) is 0 Å². The molecule has 1 aromatic rings. The van der Waals surface area contributed by atoms with Crippen LogP contribution in [0.1, 0.15) is 18.4 Å². The molecule has 3 nitrogen and oxygen atoms in total. The van der Waals surface area contributed by atoms with Crippen molar-refractivity contribution in [2.45, 2.75) is 25.5 Å². The van der Waals surface area contributed by atoms with Crippen LogP contribution in [-0.2, 0) is 11.3 Å². The summed E-state index contributed by atoms with van der Waals surface area (Å²) in [4.78, 5) is 0. The third kappa shape index (κ3) is 3.68. The van der Waals surface area contributed by atoms with Crippen LogP contribution in [0.5, 0.6) is 5.75 Å².